The van der Waals surface area contributed by atoms with Gasteiger partial charge in [0.25, 0.3) is 5.91 Å². The summed E-state index contributed by atoms with van der Waals surface area (Å²) in [6, 6.07) is 7.74. The van der Waals surface area contributed by atoms with Crippen LogP contribution in [0.25, 0.3) is 0 Å². The Bertz CT molecular complexity index is 605. The maximum atomic E-state index is 12.3. The molecule has 1 aromatic carbocycles. The highest BCUT2D eigenvalue weighted by molar-refractivity contribution is 5.91. The van der Waals surface area contributed by atoms with Gasteiger partial charge >= 0.3 is 0 Å². The van der Waals surface area contributed by atoms with Gasteiger partial charge in [-0.3, -0.25) is 4.79 Å². The molecule has 0 saturated heterocycles. The van der Waals surface area contributed by atoms with Crippen LogP contribution in [0.2, 0.25) is 0 Å². The lowest BCUT2D eigenvalue weighted by Crippen LogP contribution is -2.36. The Kier molecular flexibility index (Phi) is 5.44. The molecule has 0 spiro atoms. The van der Waals surface area contributed by atoms with Gasteiger partial charge in [0.2, 0.25) is 0 Å². The van der Waals surface area contributed by atoms with E-state index in [0.29, 0.717) is 18.1 Å². The van der Waals surface area contributed by atoms with E-state index in [9.17, 15) is 4.79 Å². The summed E-state index contributed by atoms with van der Waals surface area (Å²) in [6.45, 7) is 2.72. The Balaban J connectivity index is 1.56. The van der Waals surface area contributed by atoms with Crippen LogP contribution in [0.5, 0.6) is 11.5 Å². The van der Waals surface area contributed by atoms with Gasteiger partial charge in [0, 0.05) is 18.2 Å². The Labute approximate surface area is 144 Å². The first-order valence-corrected chi connectivity index (χ1v) is 8.99. The Morgan fingerprint density at radius 1 is 1.21 bits per heavy atom. The van der Waals surface area contributed by atoms with Crippen LogP contribution in [0.4, 0.5) is 0 Å². The zero-order valence-corrected chi connectivity index (χ0v) is 14.7. The van der Waals surface area contributed by atoms with Crippen LogP contribution in [0.3, 0.4) is 0 Å². The molecule has 130 valence electrons. The number of methoxy groups -OCH3 is 1. The largest absolute Gasteiger partial charge is 0.497 e. The van der Waals surface area contributed by atoms with E-state index in [1.807, 2.05) is 29.2 Å². The molecular weight excluding hydrogens is 302 g/mol. The second-order valence-electron chi connectivity index (χ2n) is 6.95. The lowest BCUT2D eigenvalue weighted by molar-refractivity contribution is -0.126. The lowest BCUT2D eigenvalue weighted by atomic mass is 9.85. The van der Waals surface area contributed by atoms with Crippen molar-refractivity contribution in [2.75, 3.05) is 13.7 Å². The van der Waals surface area contributed by atoms with E-state index in [-0.39, 0.29) is 11.9 Å². The van der Waals surface area contributed by atoms with Crippen molar-refractivity contribution < 1.29 is 14.3 Å². The topological polar surface area (TPSA) is 38.8 Å². The summed E-state index contributed by atoms with van der Waals surface area (Å²) in [6.07, 6.45) is 9.40. The highest BCUT2D eigenvalue weighted by Gasteiger charge is 2.29. The molecule has 0 radical (unpaired) electrons. The summed E-state index contributed by atoms with van der Waals surface area (Å²) in [5.74, 6) is 3.00. The van der Waals surface area contributed by atoms with Crippen LogP contribution in [-0.4, -0.2) is 30.5 Å². The van der Waals surface area contributed by atoms with Crippen molar-refractivity contribution in [3.05, 3.63) is 36.1 Å². The molecule has 1 heterocycles. The van der Waals surface area contributed by atoms with Gasteiger partial charge in [-0.25, -0.2) is 0 Å². The molecule has 3 rings (SSSR count). The molecule has 4 nitrogen and oxygen atoms in total. The van der Waals surface area contributed by atoms with Crippen molar-refractivity contribution in [2.45, 2.75) is 51.5 Å². The van der Waals surface area contributed by atoms with Crippen LogP contribution in [0.15, 0.2) is 36.1 Å². The fraction of sp³-hybridized carbons (Fsp3) is 0.550. The second-order valence-corrected chi connectivity index (χ2v) is 6.95. The minimum atomic E-state index is 0.0659. The molecule has 1 aliphatic carbocycles. The Hall–Kier alpha value is -1.97. The minimum Gasteiger partial charge on any atom is -0.497 e. The Morgan fingerprint density at radius 2 is 1.96 bits per heavy atom. The number of carbonyl (C=O) groups excluding carboxylic acids is 1. The third-order valence-corrected chi connectivity index (χ3v) is 5.12. The fourth-order valence-corrected chi connectivity index (χ4v) is 3.80. The van der Waals surface area contributed by atoms with E-state index in [0.717, 1.165) is 18.1 Å². The molecule has 4 heteroatoms. The predicted molar refractivity (Wildman–Crippen MR) is 94.1 cm³/mol. The number of amides is 1. The number of benzene rings is 1. The van der Waals surface area contributed by atoms with Crippen molar-refractivity contribution >= 4 is 5.91 Å². The average molecular weight is 329 g/mol. The van der Waals surface area contributed by atoms with Crippen LogP contribution >= 0.6 is 0 Å². The summed E-state index contributed by atoms with van der Waals surface area (Å²) in [5.41, 5.74) is 0. The SMILES string of the molecule is COc1cccc(OC2=CC(=O)N(C(C)CC3CCCCC3)C2)c1. The first-order valence-electron chi connectivity index (χ1n) is 8.99. The van der Waals surface area contributed by atoms with Gasteiger partial charge in [0.15, 0.2) is 0 Å². The first-order chi connectivity index (χ1) is 11.7. The van der Waals surface area contributed by atoms with Gasteiger partial charge in [-0.2, -0.15) is 0 Å². The van der Waals surface area contributed by atoms with Crippen LogP contribution in [0, 0.1) is 5.92 Å². The summed E-state index contributed by atoms with van der Waals surface area (Å²) >= 11 is 0. The minimum absolute atomic E-state index is 0.0659. The van der Waals surface area contributed by atoms with Gasteiger partial charge < -0.3 is 14.4 Å². The zero-order valence-electron chi connectivity index (χ0n) is 14.7. The number of rotatable bonds is 6. The number of hydrogen-bond acceptors (Lipinski definition) is 3. The average Bonchev–Trinajstić information content (AvgIpc) is 2.96. The van der Waals surface area contributed by atoms with Crippen molar-refractivity contribution in [2.24, 2.45) is 5.92 Å². The molecular formula is C20H27NO3. The number of carbonyl (C=O) groups is 1. The van der Waals surface area contributed by atoms with E-state index in [1.54, 1.807) is 13.2 Å². The van der Waals surface area contributed by atoms with E-state index in [4.69, 9.17) is 9.47 Å². The summed E-state index contributed by atoms with van der Waals surface area (Å²) in [5, 5.41) is 0. The highest BCUT2D eigenvalue weighted by atomic mass is 16.5. The predicted octanol–water partition coefficient (Wildman–Crippen LogP) is 4.16. The standard InChI is InChI=1S/C20H27NO3/c1-15(11-16-7-4-3-5-8-16)21-14-19(13-20(21)22)24-18-10-6-9-17(12-18)23-2/h6,9-10,12-13,15-16H,3-5,7-8,11,14H2,1-2H3. The summed E-state index contributed by atoms with van der Waals surface area (Å²) in [7, 11) is 1.63. The van der Waals surface area contributed by atoms with Crippen LogP contribution in [-0.2, 0) is 4.79 Å². The maximum Gasteiger partial charge on any atom is 0.250 e. The molecule has 0 bridgehead atoms. The van der Waals surface area contributed by atoms with Gasteiger partial charge in [-0.1, -0.05) is 38.2 Å². The van der Waals surface area contributed by atoms with Crippen LogP contribution in [0.1, 0.15) is 45.4 Å². The van der Waals surface area contributed by atoms with Gasteiger partial charge in [-0.15, -0.1) is 0 Å². The van der Waals surface area contributed by atoms with E-state index >= 15 is 0 Å². The van der Waals surface area contributed by atoms with Crippen molar-refractivity contribution in [1.82, 2.24) is 4.90 Å². The highest BCUT2D eigenvalue weighted by Crippen LogP contribution is 2.30. The quantitative estimate of drug-likeness (QED) is 0.786. The number of nitrogens with zero attached hydrogens (tertiary/aromatic N) is 1. The molecule has 1 atom stereocenters. The van der Waals surface area contributed by atoms with E-state index in [1.165, 1.54) is 32.1 Å². The number of ether oxygens (including phenoxy) is 2. The van der Waals surface area contributed by atoms with Crippen molar-refractivity contribution in [3.63, 3.8) is 0 Å². The second kappa shape index (κ2) is 7.73. The normalized spacial score (nSPS) is 20.0. The third kappa shape index (κ3) is 4.11. The lowest BCUT2D eigenvalue weighted by Gasteiger charge is -2.30. The summed E-state index contributed by atoms with van der Waals surface area (Å²) < 4.78 is 11.1. The molecule has 1 aliphatic heterocycles. The monoisotopic (exact) mass is 329 g/mol. The third-order valence-electron chi connectivity index (χ3n) is 5.12. The molecule has 1 aromatic rings. The fourth-order valence-electron chi connectivity index (χ4n) is 3.80. The summed E-state index contributed by atoms with van der Waals surface area (Å²) in [4.78, 5) is 14.3. The molecule has 24 heavy (non-hydrogen) atoms. The molecule has 1 saturated carbocycles. The maximum absolute atomic E-state index is 12.3. The van der Waals surface area contributed by atoms with Crippen LogP contribution < -0.4 is 9.47 Å². The zero-order chi connectivity index (χ0) is 16.9. The van der Waals surface area contributed by atoms with E-state index < -0.39 is 0 Å². The molecule has 0 aromatic heterocycles. The molecule has 2 aliphatic rings. The van der Waals surface area contributed by atoms with Gasteiger partial charge in [-0.05, 0) is 31.4 Å². The van der Waals surface area contributed by atoms with E-state index in [2.05, 4.69) is 6.92 Å². The smallest absolute Gasteiger partial charge is 0.250 e. The van der Waals surface area contributed by atoms with Crippen molar-refractivity contribution in [3.8, 4) is 11.5 Å². The first kappa shape index (κ1) is 16.9. The Morgan fingerprint density at radius 3 is 2.71 bits per heavy atom. The van der Waals surface area contributed by atoms with Crippen molar-refractivity contribution in [1.29, 1.82) is 0 Å². The molecule has 1 amide bonds. The molecule has 0 N–H and O–H groups in total. The number of hydrogen-bond donors (Lipinski definition) is 0. The molecule has 1 fully saturated rings. The van der Waals surface area contributed by atoms with Gasteiger partial charge in [0.1, 0.15) is 17.3 Å². The van der Waals surface area contributed by atoms with Gasteiger partial charge in [0.05, 0.1) is 13.7 Å². The molecule has 1 unspecified atom stereocenters.